The van der Waals surface area contributed by atoms with E-state index in [1.165, 1.54) is 0 Å². The first-order valence-electron chi connectivity index (χ1n) is 4.29. The second-order valence-corrected chi connectivity index (χ2v) is 3.15. The summed E-state index contributed by atoms with van der Waals surface area (Å²) in [6.45, 7) is 2.00. The maximum absolute atomic E-state index is 10.6. The van der Waals surface area contributed by atoms with E-state index < -0.39 is 11.9 Å². The fraction of sp³-hybridized carbons (Fsp3) is 0.875. The number of hydrogen-bond donors (Lipinski definition) is 3. The zero-order chi connectivity index (χ0) is 10.3. The molecule has 0 aliphatic carbocycles. The first-order valence-corrected chi connectivity index (χ1v) is 4.92. The van der Waals surface area contributed by atoms with Crippen molar-refractivity contribution < 1.29 is 19.7 Å². The third-order valence-corrected chi connectivity index (χ3v) is 1.77. The van der Waals surface area contributed by atoms with Gasteiger partial charge >= 0.3 is 11.9 Å². The standard InChI is InChI=1S/C8H16O4S/c1-2-3-4-5-8(10,11)12-7(9)6-13/h10-11,13H,2-6H2,1H3. The molecule has 0 aromatic rings. The van der Waals surface area contributed by atoms with Crippen molar-refractivity contribution in [3.63, 3.8) is 0 Å². The van der Waals surface area contributed by atoms with E-state index in [1.54, 1.807) is 0 Å². The third-order valence-electron chi connectivity index (χ3n) is 1.51. The molecule has 0 amide bonds. The van der Waals surface area contributed by atoms with Crippen LogP contribution in [-0.2, 0) is 9.53 Å². The number of carbonyl (C=O) groups is 1. The number of carbonyl (C=O) groups excluding carboxylic acids is 1. The van der Waals surface area contributed by atoms with E-state index in [1.807, 2.05) is 6.92 Å². The molecule has 0 unspecified atom stereocenters. The van der Waals surface area contributed by atoms with Gasteiger partial charge in [-0.25, -0.2) is 0 Å². The van der Waals surface area contributed by atoms with Crippen molar-refractivity contribution in [3.8, 4) is 0 Å². The minimum Gasteiger partial charge on any atom is -0.408 e. The minimum absolute atomic E-state index is 0.0420. The van der Waals surface area contributed by atoms with Gasteiger partial charge in [0.2, 0.25) is 0 Å². The number of thiol groups is 1. The summed E-state index contributed by atoms with van der Waals surface area (Å²) in [5.41, 5.74) is 0. The molecule has 0 radical (unpaired) electrons. The van der Waals surface area contributed by atoms with Gasteiger partial charge in [-0.3, -0.25) is 4.79 Å². The molecule has 78 valence electrons. The van der Waals surface area contributed by atoms with Crippen molar-refractivity contribution in [2.75, 3.05) is 5.75 Å². The molecular weight excluding hydrogens is 192 g/mol. The van der Waals surface area contributed by atoms with Crippen molar-refractivity contribution in [2.24, 2.45) is 0 Å². The smallest absolute Gasteiger partial charge is 0.324 e. The first kappa shape index (κ1) is 12.7. The molecular formula is C8H16O4S. The van der Waals surface area contributed by atoms with E-state index in [4.69, 9.17) is 10.2 Å². The number of unbranched alkanes of at least 4 members (excludes halogenated alkanes) is 2. The highest BCUT2D eigenvalue weighted by atomic mass is 32.1. The summed E-state index contributed by atoms with van der Waals surface area (Å²) in [6.07, 6.45) is 2.50. The molecule has 0 aromatic heterocycles. The van der Waals surface area contributed by atoms with Gasteiger partial charge in [-0.05, 0) is 6.42 Å². The maximum atomic E-state index is 10.6. The van der Waals surface area contributed by atoms with Crippen molar-refractivity contribution in [3.05, 3.63) is 0 Å². The molecule has 0 rings (SSSR count). The number of ether oxygens (including phenoxy) is 1. The highest BCUT2D eigenvalue weighted by molar-refractivity contribution is 7.81. The first-order chi connectivity index (χ1) is 6.02. The molecule has 0 aliphatic rings. The van der Waals surface area contributed by atoms with E-state index in [2.05, 4.69) is 17.4 Å². The summed E-state index contributed by atoms with van der Waals surface area (Å²) >= 11 is 3.64. The van der Waals surface area contributed by atoms with Gasteiger partial charge < -0.3 is 14.9 Å². The lowest BCUT2D eigenvalue weighted by Crippen LogP contribution is -2.34. The topological polar surface area (TPSA) is 66.8 Å². The molecule has 0 heterocycles. The van der Waals surface area contributed by atoms with Gasteiger partial charge in [-0.2, -0.15) is 12.6 Å². The minimum atomic E-state index is -2.32. The molecule has 4 nitrogen and oxygen atoms in total. The lowest BCUT2D eigenvalue weighted by molar-refractivity contribution is -0.321. The second kappa shape index (κ2) is 6.23. The third kappa shape index (κ3) is 6.86. The fourth-order valence-corrected chi connectivity index (χ4v) is 0.935. The molecule has 0 fully saturated rings. The van der Waals surface area contributed by atoms with Crippen LogP contribution < -0.4 is 0 Å². The predicted octanol–water partition coefficient (Wildman–Crippen LogP) is 0.678. The summed E-state index contributed by atoms with van der Waals surface area (Å²) in [4.78, 5) is 10.6. The van der Waals surface area contributed by atoms with Crippen LogP contribution in [0.15, 0.2) is 0 Å². The monoisotopic (exact) mass is 208 g/mol. The van der Waals surface area contributed by atoms with Crippen molar-refractivity contribution in [2.45, 2.75) is 38.6 Å². The Hall–Kier alpha value is -0.260. The average molecular weight is 208 g/mol. The van der Waals surface area contributed by atoms with Crippen LogP contribution in [0.1, 0.15) is 32.6 Å². The molecule has 0 saturated carbocycles. The Kier molecular flexibility index (Phi) is 6.11. The van der Waals surface area contributed by atoms with E-state index in [0.717, 1.165) is 12.8 Å². The van der Waals surface area contributed by atoms with Crippen LogP contribution in [0.25, 0.3) is 0 Å². The maximum Gasteiger partial charge on any atom is 0.324 e. The highest BCUT2D eigenvalue weighted by Crippen LogP contribution is 2.13. The zero-order valence-corrected chi connectivity index (χ0v) is 8.59. The predicted molar refractivity (Wildman–Crippen MR) is 51.3 cm³/mol. The Bertz CT molecular complexity index is 158. The van der Waals surface area contributed by atoms with Crippen LogP contribution in [0.5, 0.6) is 0 Å². The van der Waals surface area contributed by atoms with Crippen molar-refractivity contribution >= 4 is 18.6 Å². The van der Waals surface area contributed by atoms with E-state index in [-0.39, 0.29) is 12.2 Å². The van der Waals surface area contributed by atoms with Gasteiger partial charge in [0.25, 0.3) is 0 Å². The number of esters is 1. The van der Waals surface area contributed by atoms with Crippen molar-refractivity contribution in [1.29, 1.82) is 0 Å². The number of hydrogen-bond acceptors (Lipinski definition) is 5. The second-order valence-electron chi connectivity index (χ2n) is 2.83. The quantitative estimate of drug-likeness (QED) is 0.260. The molecule has 13 heavy (non-hydrogen) atoms. The normalized spacial score (nSPS) is 11.4. The van der Waals surface area contributed by atoms with E-state index in [0.29, 0.717) is 6.42 Å². The number of aliphatic hydroxyl groups is 2. The Morgan fingerprint density at radius 2 is 2.08 bits per heavy atom. The van der Waals surface area contributed by atoms with Gasteiger partial charge in [0.15, 0.2) is 0 Å². The van der Waals surface area contributed by atoms with Crippen LogP contribution in [0, 0.1) is 0 Å². The SMILES string of the molecule is CCCCCC(O)(O)OC(=O)CS. The van der Waals surface area contributed by atoms with Gasteiger partial charge in [-0.15, -0.1) is 0 Å². The molecule has 0 aliphatic heterocycles. The van der Waals surface area contributed by atoms with Crippen LogP contribution in [0.2, 0.25) is 0 Å². The van der Waals surface area contributed by atoms with Crippen LogP contribution >= 0.6 is 12.6 Å². The van der Waals surface area contributed by atoms with E-state index >= 15 is 0 Å². The van der Waals surface area contributed by atoms with Crippen LogP contribution in [0.3, 0.4) is 0 Å². The Morgan fingerprint density at radius 1 is 1.46 bits per heavy atom. The molecule has 0 saturated heterocycles. The number of rotatable bonds is 6. The summed E-state index contributed by atoms with van der Waals surface area (Å²) in [6, 6.07) is 0. The summed E-state index contributed by atoms with van der Waals surface area (Å²) in [5.74, 6) is -3.21. The molecule has 0 bridgehead atoms. The van der Waals surface area contributed by atoms with Gasteiger partial charge in [0.1, 0.15) is 0 Å². The van der Waals surface area contributed by atoms with Crippen molar-refractivity contribution in [1.82, 2.24) is 0 Å². The Labute approximate surface area is 83.3 Å². The molecule has 0 atom stereocenters. The largest absolute Gasteiger partial charge is 0.408 e. The van der Waals surface area contributed by atoms with Gasteiger partial charge in [0.05, 0.1) is 5.75 Å². The molecule has 0 spiro atoms. The average Bonchev–Trinajstić information content (AvgIpc) is 2.03. The Balaban J connectivity index is 3.72. The van der Waals surface area contributed by atoms with Crippen LogP contribution in [0.4, 0.5) is 0 Å². The Morgan fingerprint density at radius 3 is 2.54 bits per heavy atom. The van der Waals surface area contributed by atoms with Gasteiger partial charge in [-0.1, -0.05) is 19.8 Å². The van der Waals surface area contributed by atoms with Crippen LogP contribution in [-0.4, -0.2) is 27.9 Å². The molecule has 5 heteroatoms. The van der Waals surface area contributed by atoms with Gasteiger partial charge in [0, 0.05) is 6.42 Å². The van der Waals surface area contributed by atoms with E-state index in [9.17, 15) is 4.79 Å². The lowest BCUT2D eigenvalue weighted by Gasteiger charge is -2.20. The fourth-order valence-electron chi connectivity index (χ4n) is 0.871. The zero-order valence-electron chi connectivity index (χ0n) is 7.69. The lowest BCUT2D eigenvalue weighted by atomic mass is 10.2. The summed E-state index contributed by atoms with van der Waals surface area (Å²) in [5, 5.41) is 18.2. The highest BCUT2D eigenvalue weighted by Gasteiger charge is 2.26. The molecule has 0 aromatic carbocycles. The summed E-state index contributed by atoms with van der Waals surface area (Å²) < 4.78 is 4.33. The summed E-state index contributed by atoms with van der Waals surface area (Å²) in [7, 11) is 0. The molecule has 2 N–H and O–H groups in total.